The number of hydrogen-bond donors (Lipinski definition) is 2. The number of pyridine rings is 1. The van der Waals surface area contributed by atoms with Crippen LogP contribution in [0.15, 0.2) is 88.8 Å². The fourth-order valence-electron chi connectivity index (χ4n) is 4.71. The molecule has 1 aliphatic carbocycles. The van der Waals surface area contributed by atoms with Crippen molar-refractivity contribution in [3.8, 4) is 0 Å². The molecule has 2 aliphatic rings. The molecule has 0 saturated heterocycles. The Bertz CT molecular complexity index is 1280. The van der Waals surface area contributed by atoms with Gasteiger partial charge in [-0.3, -0.25) is 14.6 Å². The molecular weight excluding hydrogens is 437 g/mol. The van der Waals surface area contributed by atoms with E-state index in [4.69, 9.17) is 0 Å². The van der Waals surface area contributed by atoms with E-state index in [1.807, 2.05) is 24.4 Å². The van der Waals surface area contributed by atoms with Crippen LogP contribution >= 0.6 is 11.3 Å². The van der Waals surface area contributed by atoms with E-state index in [1.165, 1.54) is 17.0 Å². The number of carbonyl (C=O) groups excluding carboxylic acids is 2. The fourth-order valence-corrected chi connectivity index (χ4v) is 5.54. The molecule has 7 heteroatoms. The standard InChI is InChI=1S/C26H22FN3O2S/c1-15-23(26(32)30-19-7-2-6-18(27)13-19)24(16-5-3-9-28-14-16)25-20(29-15)11-17(12-21(25)31)22-8-4-10-33-22/h2-10,13-14,17,24,29H,11-12H2,1H3,(H,30,32)/t17-,24-/m0/s1. The number of allylic oxidation sites excluding steroid dienone is 3. The van der Waals surface area contributed by atoms with E-state index in [1.54, 1.807) is 41.9 Å². The van der Waals surface area contributed by atoms with E-state index in [0.29, 0.717) is 35.4 Å². The molecule has 1 aromatic carbocycles. The molecule has 1 amide bonds. The van der Waals surface area contributed by atoms with Crippen molar-refractivity contribution in [2.75, 3.05) is 5.32 Å². The summed E-state index contributed by atoms with van der Waals surface area (Å²) in [5, 5.41) is 8.18. The van der Waals surface area contributed by atoms with Gasteiger partial charge in [0.1, 0.15) is 5.82 Å². The van der Waals surface area contributed by atoms with Crippen molar-refractivity contribution >= 4 is 28.7 Å². The van der Waals surface area contributed by atoms with Gasteiger partial charge in [-0.05, 0) is 54.6 Å². The lowest BCUT2D eigenvalue weighted by atomic mass is 9.73. The van der Waals surface area contributed by atoms with E-state index in [2.05, 4.69) is 21.7 Å². The van der Waals surface area contributed by atoms with Crippen LogP contribution in [0.2, 0.25) is 0 Å². The molecule has 33 heavy (non-hydrogen) atoms. The number of carbonyl (C=O) groups is 2. The van der Waals surface area contributed by atoms with E-state index in [9.17, 15) is 14.0 Å². The number of nitrogens with one attached hydrogen (secondary N) is 2. The van der Waals surface area contributed by atoms with Gasteiger partial charge in [0.2, 0.25) is 0 Å². The number of amides is 1. The van der Waals surface area contributed by atoms with Gasteiger partial charge < -0.3 is 10.6 Å². The molecule has 0 saturated carbocycles. The topological polar surface area (TPSA) is 71.1 Å². The zero-order valence-corrected chi connectivity index (χ0v) is 18.8. The first-order valence-electron chi connectivity index (χ1n) is 10.8. The van der Waals surface area contributed by atoms with Gasteiger partial charge in [0.25, 0.3) is 5.91 Å². The van der Waals surface area contributed by atoms with Crippen molar-refractivity contribution < 1.29 is 14.0 Å². The summed E-state index contributed by atoms with van der Waals surface area (Å²) < 4.78 is 13.7. The average molecular weight is 460 g/mol. The third-order valence-corrected chi connectivity index (χ3v) is 7.15. The Kier molecular flexibility index (Phi) is 5.64. The molecule has 0 bridgehead atoms. The molecule has 2 N–H and O–H groups in total. The number of halogens is 1. The zero-order chi connectivity index (χ0) is 22.9. The monoisotopic (exact) mass is 459 g/mol. The maximum Gasteiger partial charge on any atom is 0.254 e. The summed E-state index contributed by atoms with van der Waals surface area (Å²) in [6.07, 6.45) is 4.46. The smallest absolute Gasteiger partial charge is 0.254 e. The van der Waals surface area contributed by atoms with Gasteiger partial charge in [0.15, 0.2) is 5.78 Å². The Morgan fingerprint density at radius 2 is 2.06 bits per heavy atom. The van der Waals surface area contributed by atoms with Gasteiger partial charge in [-0.2, -0.15) is 0 Å². The van der Waals surface area contributed by atoms with E-state index < -0.39 is 11.7 Å². The number of rotatable bonds is 4. The minimum Gasteiger partial charge on any atom is -0.362 e. The van der Waals surface area contributed by atoms with Gasteiger partial charge in [0.05, 0.1) is 0 Å². The van der Waals surface area contributed by atoms with Crippen LogP contribution in [0.5, 0.6) is 0 Å². The van der Waals surface area contributed by atoms with Crippen molar-refractivity contribution in [3.63, 3.8) is 0 Å². The van der Waals surface area contributed by atoms with Crippen molar-refractivity contribution in [3.05, 3.63) is 105 Å². The summed E-state index contributed by atoms with van der Waals surface area (Å²) in [4.78, 5) is 32.3. The van der Waals surface area contributed by atoms with Gasteiger partial charge >= 0.3 is 0 Å². The number of anilines is 1. The van der Waals surface area contributed by atoms with Crippen LogP contribution in [0.25, 0.3) is 0 Å². The minimum absolute atomic E-state index is 0.0274. The van der Waals surface area contributed by atoms with Crippen molar-refractivity contribution in [2.24, 2.45) is 0 Å². The summed E-state index contributed by atoms with van der Waals surface area (Å²) in [6, 6.07) is 13.5. The third kappa shape index (κ3) is 4.12. The Hall–Kier alpha value is -3.58. The Morgan fingerprint density at radius 3 is 2.79 bits per heavy atom. The molecule has 2 aromatic heterocycles. The highest BCUT2D eigenvalue weighted by molar-refractivity contribution is 7.10. The number of ketones is 1. The number of dihydropyridines is 1. The van der Waals surface area contributed by atoms with Crippen LogP contribution in [0.1, 0.15) is 42.0 Å². The first kappa shape index (κ1) is 21.3. The lowest BCUT2D eigenvalue weighted by Crippen LogP contribution is -2.37. The van der Waals surface area contributed by atoms with Gasteiger partial charge in [-0.1, -0.05) is 18.2 Å². The predicted octanol–water partition coefficient (Wildman–Crippen LogP) is 5.28. The van der Waals surface area contributed by atoms with Crippen molar-refractivity contribution in [2.45, 2.75) is 31.6 Å². The van der Waals surface area contributed by atoms with Crippen LogP contribution < -0.4 is 10.6 Å². The fraction of sp³-hybridized carbons (Fsp3) is 0.192. The lowest BCUT2D eigenvalue weighted by Gasteiger charge is -2.36. The van der Waals surface area contributed by atoms with Crippen LogP contribution in [0.3, 0.4) is 0 Å². The first-order chi connectivity index (χ1) is 16.0. The molecule has 3 heterocycles. The second-order valence-electron chi connectivity index (χ2n) is 8.28. The Labute approximate surface area is 195 Å². The summed E-state index contributed by atoms with van der Waals surface area (Å²) in [6.45, 7) is 1.84. The van der Waals surface area contributed by atoms with E-state index >= 15 is 0 Å². The highest BCUT2D eigenvalue weighted by Gasteiger charge is 2.41. The summed E-state index contributed by atoms with van der Waals surface area (Å²) in [7, 11) is 0. The molecule has 2 atom stereocenters. The summed E-state index contributed by atoms with van der Waals surface area (Å²) >= 11 is 1.66. The number of Topliss-reactive ketones (excluding diaryl/α,β-unsaturated/α-hetero) is 1. The second-order valence-corrected chi connectivity index (χ2v) is 9.26. The molecular formula is C26H22FN3O2S. The molecule has 0 fully saturated rings. The molecule has 3 aromatic rings. The maximum absolute atomic E-state index is 13.7. The molecule has 5 nitrogen and oxygen atoms in total. The number of hydrogen-bond acceptors (Lipinski definition) is 5. The quantitative estimate of drug-likeness (QED) is 0.557. The number of aromatic nitrogens is 1. The van der Waals surface area contributed by atoms with Crippen LogP contribution in [-0.2, 0) is 9.59 Å². The SMILES string of the molecule is CC1=C(C(=O)Nc2cccc(F)c2)[C@H](c2cccnc2)C2=C(C[C@H](c3cccs3)CC2=O)N1. The molecule has 0 unspecified atom stereocenters. The van der Waals surface area contributed by atoms with Crippen molar-refractivity contribution in [1.29, 1.82) is 0 Å². The molecule has 0 spiro atoms. The molecule has 0 radical (unpaired) electrons. The maximum atomic E-state index is 13.7. The molecule has 166 valence electrons. The van der Waals surface area contributed by atoms with Gasteiger partial charge in [0, 0.05) is 63.8 Å². The van der Waals surface area contributed by atoms with Crippen LogP contribution in [0, 0.1) is 5.82 Å². The lowest BCUT2D eigenvalue weighted by molar-refractivity contribution is -0.116. The second kappa shape index (κ2) is 8.75. The van der Waals surface area contributed by atoms with Crippen molar-refractivity contribution in [1.82, 2.24) is 10.3 Å². The van der Waals surface area contributed by atoms with Gasteiger partial charge in [-0.15, -0.1) is 11.3 Å². The predicted molar refractivity (Wildman–Crippen MR) is 126 cm³/mol. The van der Waals surface area contributed by atoms with E-state index in [0.717, 1.165) is 11.3 Å². The Balaban J connectivity index is 1.55. The zero-order valence-electron chi connectivity index (χ0n) is 18.0. The van der Waals surface area contributed by atoms with E-state index in [-0.39, 0.29) is 17.6 Å². The summed E-state index contributed by atoms with van der Waals surface area (Å²) in [5.41, 5.74) is 3.73. The Morgan fingerprint density at radius 1 is 1.18 bits per heavy atom. The minimum atomic E-state index is -0.541. The number of thiophene rings is 1. The molecule has 1 aliphatic heterocycles. The summed E-state index contributed by atoms with van der Waals surface area (Å²) in [5.74, 6) is -1.20. The van der Waals surface area contributed by atoms with Gasteiger partial charge in [-0.25, -0.2) is 4.39 Å². The highest BCUT2D eigenvalue weighted by atomic mass is 32.1. The largest absolute Gasteiger partial charge is 0.362 e. The number of benzene rings is 1. The average Bonchev–Trinajstić information content (AvgIpc) is 3.33. The normalized spacial score (nSPS) is 20.4. The van der Waals surface area contributed by atoms with Crippen LogP contribution in [-0.4, -0.2) is 16.7 Å². The highest BCUT2D eigenvalue weighted by Crippen LogP contribution is 2.46. The number of nitrogens with zero attached hydrogens (tertiary/aromatic N) is 1. The first-order valence-corrected chi connectivity index (χ1v) is 11.6. The molecule has 5 rings (SSSR count). The van der Waals surface area contributed by atoms with Crippen LogP contribution in [0.4, 0.5) is 10.1 Å². The third-order valence-electron chi connectivity index (χ3n) is 6.12.